The molecule has 0 aliphatic heterocycles. The maximum Gasteiger partial charge on any atom is 0.416 e. The maximum absolute atomic E-state index is 12.9. The number of carbonyl (C=O) groups is 2. The highest BCUT2D eigenvalue weighted by Crippen LogP contribution is 2.31. The van der Waals surface area contributed by atoms with Crippen molar-refractivity contribution in [1.29, 1.82) is 0 Å². The van der Waals surface area contributed by atoms with Crippen LogP contribution in [0.1, 0.15) is 27.9 Å². The molecule has 2 rings (SSSR count). The number of hydrogen-bond donors (Lipinski definition) is 2. The number of thiophene rings is 1. The van der Waals surface area contributed by atoms with Crippen LogP contribution >= 0.6 is 11.3 Å². The Bertz CT molecular complexity index is 715. The summed E-state index contributed by atoms with van der Waals surface area (Å²) < 4.78 is 38.6. The number of carbonyl (C=O) groups excluding carboxylic acids is 2. The van der Waals surface area contributed by atoms with E-state index >= 15 is 0 Å². The van der Waals surface area contributed by atoms with Gasteiger partial charge in [-0.2, -0.15) is 24.5 Å². The Morgan fingerprint density at radius 3 is 2.48 bits per heavy atom. The van der Waals surface area contributed by atoms with Gasteiger partial charge in [-0.1, -0.05) is 18.2 Å². The first-order valence-corrected chi connectivity index (χ1v) is 8.54. The second-order valence-corrected chi connectivity index (χ2v) is 6.05. The van der Waals surface area contributed by atoms with E-state index in [1.165, 1.54) is 29.5 Å². The minimum atomic E-state index is -4.41. The van der Waals surface area contributed by atoms with Gasteiger partial charge in [0.1, 0.15) is 0 Å². The Labute approximate surface area is 147 Å². The summed E-state index contributed by atoms with van der Waals surface area (Å²) in [5.74, 6) is -0.580. The van der Waals surface area contributed by atoms with Crippen molar-refractivity contribution < 1.29 is 22.8 Å². The fraction of sp³-hybridized carbons (Fsp3) is 0.294. The number of benzene rings is 1. The van der Waals surface area contributed by atoms with Crippen LogP contribution in [0.15, 0.2) is 41.1 Å². The van der Waals surface area contributed by atoms with Crippen LogP contribution in [0.25, 0.3) is 0 Å². The SMILES string of the molecule is O=C(CCNC(=O)c1ccsc1)NCCc1ccccc1C(F)(F)F. The smallest absolute Gasteiger partial charge is 0.356 e. The monoisotopic (exact) mass is 370 g/mol. The topological polar surface area (TPSA) is 58.2 Å². The van der Waals surface area contributed by atoms with E-state index in [0.717, 1.165) is 6.07 Å². The minimum absolute atomic E-state index is 0.0663. The van der Waals surface area contributed by atoms with Crippen LogP contribution in [-0.2, 0) is 17.4 Å². The van der Waals surface area contributed by atoms with E-state index in [1.54, 1.807) is 16.8 Å². The van der Waals surface area contributed by atoms with E-state index in [0.29, 0.717) is 5.56 Å². The lowest BCUT2D eigenvalue weighted by atomic mass is 10.0. The molecule has 25 heavy (non-hydrogen) atoms. The lowest BCUT2D eigenvalue weighted by Crippen LogP contribution is -2.31. The Morgan fingerprint density at radius 1 is 1.04 bits per heavy atom. The number of halogens is 3. The molecule has 134 valence electrons. The van der Waals surface area contributed by atoms with Gasteiger partial charge in [0.2, 0.25) is 5.91 Å². The third-order valence-electron chi connectivity index (χ3n) is 3.46. The van der Waals surface area contributed by atoms with Crippen LogP contribution in [0.3, 0.4) is 0 Å². The zero-order valence-corrected chi connectivity index (χ0v) is 14.0. The average Bonchev–Trinajstić information content (AvgIpc) is 3.09. The number of nitrogens with one attached hydrogen (secondary N) is 2. The average molecular weight is 370 g/mol. The van der Waals surface area contributed by atoms with E-state index in [9.17, 15) is 22.8 Å². The molecule has 0 aliphatic carbocycles. The Kier molecular flexibility index (Phi) is 6.58. The molecular formula is C17H17F3N2O2S. The van der Waals surface area contributed by atoms with Crippen molar-refractivity contribution in [3.8, 4) is 0 Å². The third-order valence-corrected chi connectivity index (χ3v) is 4.14. The lowest BCUT2D eigenvalue weighted by Gasteiger charge is -2.13. The number of amides is 2. The van der Waals surface area contributed by atoms with Gasteiger partial charge in [-0.25, -0.2) is 0 Å². The maximum atomic E-state index is 12.9. The number of alkyl halides is 3. The fourth-order valence-corrected chi connectivity index (χ4v) is 2.86. The van der Waals surface area contributed by atoms with Crippen molar-refractivity contribution in [1.82, 2.24) is 10.6 Å². The third kappa shape index (κ3) is 5.90. The predicted molar refractivity (Wildman–Crippen MR) is 89.4 cm³/mol. The van der Waals surface area contributed by atoms with Gasteiger partial charge in [-0.05, 0) is 29.5 Å². The largest absolute Gasteiger partial charge is 0.416 e. The second kappa shape index (κ2) is 8.66. The number of hydrogen-bond acceptors (Lipinski definition) is 3. The van der Waals surface area contributed by atoms with Crippen molar-refractivity contribution >= 4 is 23.2 Å². The Hall–Kier alpha value is -2.35. The van der Waals surface area contributed by atoms with Crippen LogP contribution in [0.5, 0.6) is 0 Å². The second-order valence-electron chi connectivity index (χ2n) is 5.27. The molecule has 0 atom stereocenters. The molecule has 1 aromatic carbocycles. The standard InChI is InChI=1S/C17H17F3N2O2S/c18-17(19,20)14-4-2-1-3-12(14)5-8-21-15(23)6-9-22-16(24)13-7-10-25-11-13/h1-4,7,10-11H,5-6,8-9H2,(H,21,23)(H,22,24). The zero-order valence-electron chi connectivity index (χ0n) is 13.2. The normalized spacial score (nSPS) is 11.2. The van der Waals surface area contributed by atoms with Crippen molar-refractivity contribution in [2.45, 2.75) is 19.0 Å². The highest BCUT2D eigenvalue weighted by atomic mass is 32.1. The van der Waals surface area contributed by atoms with Crippen molar-refractivity contribution in [2.24, 2.45) is 0 Å². The molecule has 0 saturated heterocycles. The van der Waals surface area contributed by atoms with Crippen LogP contribution in [0.4, 0.5) is 13.2 Å². The first-order valence-electron chi connectivity index (χ1n) is 7.60. The lowest BCUT2D eigenvalue weighted by molar-refractivity contribution is -0.138. The molecule has 0 saturated carbocycles. The molecule has 2 amide bonds. The summed E-state index contributed by atoms with van der Waals surface area (Å²) in [6.45, 7) is 0.268. The highest BCUT2D eigenvalue weighted by molar-refractivity contribution is 7.08. The van der Waals surface area contributed by atoms with Crippen LogP contribution in [0, 0.1) is 0 Å². The fourth-order valence-electron chi connectivity index (χ4n) is 2.23. The van der Waals surface area contributed by atoms with E-state index in [1.807, 2.05) is 0 Å². The summed E-state index contributed by atoms with van der Waals surface area (Å²) in [5, 5.41) is 8.65. The minimum Gasteiger partial charge on any atom is -0.356 e. The van der Waals surface area contributed by atoms with Crippen molar-refractivity contribution in [2.75, 3.05) is 13.1 Å². The summed E-state index contributed by atoms with van der Waals surface area (Å²) in [6, 6.07) is 6.97. The zero-order chi connectivity index (χ0) is 18.3. The van der Waals surface area contributed by atoms with Gasteiger partial charge >= 0.3 is 6.18 Å². The summed E-state index contributed by atoms with van der Waals surface area (Å²) in [6.07, 6.45) is -4.26. The van der Waals surface area contributed by atoms with Gasteiger partial charge in [0.05, 0.1) is 5.56 Å². The quantitative estimate of drug-likeness (QED) is 0.786. The molecule has 2 N–H and O–H groups in total. The molecule has 0 aliphatic rings. The Balaban J connectivity index is 1.72. The molecule has 0 fully saturated rings. The molecule has 4 nitrogen and oxygen atoms in total. The molecule has 1 heterocycles. The van der Waals surface area contributed by atoms with Crippen LogP contribution in [-0.4, -0.2) is 24.9 Å². The van der Waals surface area contributed by atoms with E-state index in [2.05, 4.69) is 10.6 Å². The molecule has 8 heteroatoms. The van der Waals surface area contributed by atoms with Crippen LogP contribution in [0.2, 0.25) is 0 Å². The molecule has 0 unspecified atom stereocenters. The summed E-state index contributed by atoms with van der Waals surface area (Å²) in [4.78, 5) is 23.4. The molecule has 0 bridgehead atoms. The Morgan fingerprint density at radius 2 is 1.80 bits per heavy atom. The summed E-state index contributed by atoms with van der Waals surface area (Å²) in [7, 11) is 0. The van der Waals surface area contributed by atoms with Crippen LogP contribution < -0.4 is 10.6 Å². The predicted octanol–water partition coefficient (Wildman–Crippen LogP) is 3.25. The first kappa shape index (κ1) is 19.0. The molecule has 2 aromatic rings. The van der Waals surface area contributed by atoms with E-state index < -0.39 is 11.7 Å². The van der Waals surface area contributed by atoms with Gasteiger partial charge < -0.3 is 10.6 Å². The van der Waals surface area contributed by atoms with Gasteiger partial charge in [-0.15, -0.1) is 0 Å². The summed E-state index contributed by atoms with van der Waals surface area (Å²) >= 11 is 1.40. The van der Waals surface area contributed by atoms with Gasteiger partial charge in [0.15, 0.2) is 0 Å². The van der Waals surface area contributed by atoms with Gasteiger partial charge in [0.25, 0.3) is 5.91 Å². The van der Waals surface area contributed by atoms with Crippen molar-refractivity contribution in [3.63, 3.8) is 0 Å². The number of rotatable bonds is 7. The first-order chi connectivity index (χ1) is 11.9. The molecule has 0 radical (unpaired) electrons. The molecule has 0 spiro atoms. The van der Waals surface area contributed by atoms with Crippen molar-refractivity contribution in [3.05, 3.63) is 57.8 Å². The summed E-state index contributed by atoms with van der Waals surface area (Å²) in [5.41, 5.74) is -0.0116. The molecule has 1 aromatic heterocycles. The van der Waals surface area contributed by atoms with Gasteiger partial charge in [0, 0.05) is 30.5 Å². The van der Waals surface area contributed by atoms with E-state index in [4.69, 9.17) is 0 Å². The van der Waals surface area contributed by atoms with E-state index in [-0.39, 0.29) is 43.3 Å². The van der Waals surface area contributed by atoms with Gasteiger partial charge in [-0.3, -0.25) is 9.59 Å². The highest BCUT2D eigenvalue weighted by Gasteiger charge is 2.32. The molecular weight excluding hydrogens is 353 g/mol.